The molecule has 2 rings (SSSR count). The second-order valence-electron chi connectivity index (χ2n) is 5.03. The van der Waals surface area contributed by atoms with Crippen LogP contribution in [0.4, 0.5) is 0 Å². The first-order chi connectivity index (χ1) is 10.3. The minimum Gasteiger partial charge on any atom is -0.489 e. The molecule has 0 aromatic heterocycles. The highest BCUT2D eigenvalue weighted by atomic mass is 16.5. The molecule has 3 nitrogen and oxygen atoms in total. The topological polar surface area (TPSA) is 49.7 Å². The van der Waals surface area contributed by atoms with Crippen molar-refractivity contribution in [1.82, 2.24) is 0 Å². The molecular weight excluding hydrogens is 264 g/mol. The lowest BCUT2D eigenvalue weighted by molar-refractivity contribution is 0.237. The van der Waals surface area contributed by atoms with Crippen LogP contribution in [0, 0.1) is 0 Å². The lowest BCUT2D eigenvalue weighted by Gasteiger charge is -2.19. The third-order valence-corrected chi connectivity index (χ3v) is 3.55. The van der Waals surface area contributed by atoms with Crippen LogP contribution in [0.2, 0.25) is 0 Å². The van der Waals surface area contributed by atoms with Crippen LogP contribution >= 0.6 is 0 Å². The molecule has 112 valence electrons. The lowest BCUT2D eigenvalue weighted by atomic mass is 9.92. The Morgan fingerprint density at radius 2 is 1.43 bits per heavy atom. The molecule has 2 aromatic rings. The molecule has 2 aromatic carbocycles. The van der Waals surface area contributed by atoms with E-state index in [9.17, 15) is 10.2 Å². The fraction of sp³-hybridized carbons (Fsp3) is 0.333. The van der Waals surface area contributed by atoms with Gasteiger partial charge in [-0.25, -0.2) is 0 Å². The summed E-state index contributed by atoms with van der Waals surface area (Å²) in [7, 11) is 0. The van der Waals surface area contributed by atoms with Gasteiger partial charge in [0, 0.05) is 13.2 Å². The summed E-state index contributed by atoms with van der Waals surface area (Å²) in [5, 5.41) is 18.4. The van der Waals surface area contributed by atoms with Gasteiger partial charge in [0.15, 0.2) is 0 Å². The Morgan fingerprint density at radius 3 is 2.10 bits per heavy atom. The maximum absolute atomic E-state index is 9.20. The van der Waals surface area contributed by atoms with E-state index in [0.717, 1.165) is 16.9 Å². The minimum absolute atomic E-state index is 0.109. The van der Waals surface area contributed by atoms with Crippen molar-refractivity contribution in [2.75, 3.05) is 13.2 Å². The van der Waals surface area contributed by atoms with E-state index in [1.54, 1.807) is 0 Å². The van der Waals surface area contributed by atoms with Gasteiger partial charge in [0.25, 0.3) is 0 Å². The molecule has 0 fully saturated rings. The first kappa shape index (κ1) is 15.5. The largest absolute Gasteiger partial charge is 0.489 e. The summed E-state index contributed by atoms with van der Waals surface area (Å²) in [6.07, 6.45) is 1.26. The van der Waals surface area contributed by atoms with Crippen molar-refractivity contribution in [3.05, 3.63) is 65.7 Å². The predicted octanol–water partition coefficient (Wildman–Crippen LogP) is 3.11. The van der Waals surface area contributed by atoms with Crippen LogP contribution < -0.4 is 4.74 Å². The first-order valence-corrected chi connectivity index (χ1v) is 7.32. The van der Waals surface area contributed by atoms with Crippen LogP contribution in [-0.4, -0.2) is 23.4 Å². The highest BCUT2D eigenvalue weighted by molar-refractivity contribution is 5.36. The van der Waals surface area contributed by atoms with Gasteiger partial charge < -0.3 is 14.9 Å². The SMILES string of the molecule is OCCC(CCO)c1ccccc1OCc1ccccc1. The normalized spacial score (nSPS) is 10.8. The Balaban J connectivity index is 2.11. The van der Waals surface area contributed by atoms with E-state index in [1.807, 2.05) is 54.6 Å². The zero-order chi connectivity index (χ0) is 14.9. The highest BCUT2D eigenvalue weighted by Crippen LogP contribution is 2.31. The molecule has 21 heavy (non-hydrogen) atoms. The molecule has 0 spiro atoms. The van der Waals surface area contributed by atoms with Gasteiger partial charge in [-0.3, -0.25) is 0 Å². The predicted molar refractivity (Wildman–Crippen MR) is 83.4 cm³/mol. The average Bonchev–Trinajstić information content (AvgIpc) is 2.54. The summed E-state index contributed by atoms with van der Waals surface area (Å²) in [6.45, 7) is 0.734. The Kier molecular flexibility index (Phi) is 6.25. The quantitative estimate of drug-likeness (QED) is 0.784. The number of rotatable bonds is 8. The van der Waals surface area contributed by atoms with Crippen LogP contribution in [0.1, 0.15) is 29.9 Å². The van der Waals surface area contributed by atoms with E-state index in [1.165, 1.54) is 0 Å². The number of para-hydroxylation sites is 1. The number of hydrogen-bond donors (Lipinski definition) is 2. The van der Waals surface area contributed by atoms with Crippen molar-refractivity contribution in [3.63, 3.8) is 0 Å². The summed E-state index contributed by atoms with van der Waals surface area (Å²) >= 11 is 0. The van der Waals surface area contributed by atoms with Gasteiger partial charge in [0.1, 0.15) is 12.4 Å². The van der Waals surface area contributed by atoms with Crippen molar-refractivity contribution < 1.29 is 14.9 Å². The Hall–Kier alpha value is -1.84. The molecule has 0 saturated carbocycles. The zero-order valence-corrected chi connectivity index (χ0v) is 12.1. The minimum atomic E-state index is 0.109. The van der Waals surface area contributed by atoms with E-state index in [-0.39, 0.29) is 19.1 Å². The second kappa shape index (κ2) is 8.45. The first-order valence-electron chi connectivity index (χ1n) is 7.32. The van der Waals surface area contributed by atoms with Crippen molar-refractivity contribution in [2.45, 2.75) is 25.4 Å². The van der Waals surface area contributed by atoms with Crippen molar-refractivity contribution in [1.29, 1.82) is 0 Å². The van der Waals surface area contributed by atoms with Crippen LogP contribution in [0.25, 0.3) is 0 Å². The fourth-order valence-electron chi connectivity index (χ4n) is 2.45. The van der Waals surface area contributed by atoms with Crippen molar-refractivity contribution in [2.24, 2.45) is 0 Å². The molecule has 0 atom stereocenters. The molecular formula is C18H22O3. The summed E-state index contributed by atoms with van der Waals surface area (Å²) in [5.41, 5.74) is 2.17. The lowest BCUT2D eigenvalue weighted by Crippen LogP contribution is -2.07. The summed E-state index contributed by atoms with van der Waals surface area (Å²) in [4.78, 5) is 0. The molecule has 0 saturated heterocycles. The van der Waals surface area contributed by atoms with Gasteiger partial charge in [-0.1, -0.05) is 48.5 Å². The molecule has 0 aliphatic rings. The van der Waals surface area contributed by atoms with E-state index in [4.69, 9.17) is 4.74 Å². The molecule has 0 aliphatic heterocycles. The molecule has 0 aliphatic carbocycles. The van der Waals surface area contributed by atoms with Crippen LogP contribution in [0.3, 0.4) is 0 Å². The number of hydrogen-bond acceptors (Lipinski definition) is 3. The number of ether oxygens (including phenoxy) is 1. The van der Waals surface area contributed by atoms with Gasteiger partial charge in [-0.05, 0) is 36.0 Å². The van der Waals surface area contributed by atoms with Gasteiger partial charge in [-0.2, -0.15) is 0 Å². The van der Waals surface area contributed by atoms with E-state index >= 15 is 0 Å². The smallest absolute Gasteiger partial charge is 0.123 e. The Labute approximate surface area is 125 Å². The molecule has 0 unspecified atom stereocenters. The molecule has 0 amide bonds. The van der Waals surface area contributed by atoms with Crippen molar-refractivity contribution in [3.8, 4) is 5.75 Å². The van der Waals surface area contributed by atoms with Gasteiger partial charge in [0.2, 0.25) is 0 Å². The molecule has 0 heterocycles. The van der Waals surface area contributed by atoms with Gasteiger partial charge in [0.05, 0.1) is 0 Å². The van der Waals surface area contributed by atoms with E-state index in [2.05, 4.69) is 0 Å². The average molecular weight is 286 g/mol. The fourth-order valence-corrected chi connectivity index (χ4v) is 2.45. The summed E-state index contributed by atoms with van der Waals surface area (Å²) in [6, 6.07) is 17.9. The summed E-state index contributed by atoms with van der Waals surface area (Å²) in [5.74, 6) is 0.945. The maximum atomic E-state index is 9.20. The Morgan fingerprint density at radius 1 is 0.810 bits per heavy atom. The molecule has 0 radical (unpaired) electrons. The van der Waals surface area contributed by atoms with Crippen LogP contribution in [0.5, 0.6) is 5.75 Å². The third-order valence-electron chi connectivity index (χ3n) is 3.55. The number of benzene rings is 2. The van der Waals surface area contributed by atoms with E-state index < -0.39 is 0 Å². The number of aliphatic hydroxyl groups excluding tert-OH is 2. The zero-order valence-electron chi connectivity index (χ0n) is 12.1. The van der Waals surface area contributed by atoms with Crippen LogP contribution in [0.15, 0.2) is 54.6 Å². The van der Waals surface area contributed by atoms with Crippen molar-refractivity contribution >= 4 is 0 Å². The van der Waals surface area contributed by atoms with E-state index in [0.29, 0.717) is 19.4 Å². The Bertz CT molecular complexity index is 519. The summed E-state index contributed by atoms with van der Waals surface area (Å²) < 4.78 is 5.93. The standard InChI is InChI=1S/C18H22O3/c19-12-10-16(11-13-20)17-8-4-5-9-18(17)21-14-15-6-2-1-3-7-15/h1-9,16,19-20H,10-14H2. The van der Waals surface area contributed by atoms with Gasteiger partial charge in [-0.15, -0.1) is 0 Å². The molecule has 2 N–H and O–H groups in total. The second-order valence-corrected chi connectivity index (χ2v) is 5.03. The van der Waals surface area contributed by atoms with Gasteiger partial charge >= 0.3 is 0 Å². The monoisotopic (exact) mass is 286 g/mol. The number of aliphatic hydroxyl groups is 2. The highest BCUT2D eigenvalue weighted by Gasteiger charge is 2.15. The molecule has 0 bridgehead atoms. The molecule has 3 heteroatoms. The third kappa shape index (κ3) is 4.59. The van der Waals surface area contributed by atoms with Crippen LogP contribution in [-0.2, 0) is 6.61 Å². The maximum Gasteiger partial charge on any atom is 0.123 e.